The van der Waals surface area contributed by atoms with Crippen molar-refractivity contribution in [3.8, 4) is 0 Å². The number of piperazine rings is 1. The van der Waals surface area contributed by atoms with Gasteiger partial charge in [-0.05, 0) is 51.3 Å². The lowest BCUT2D eigenvalue weighted by atomic mass is 9.84. The highest BCUT2D eigenvalue weighted by Gasteiger charge is 2.22. The molecule has 1 saturated heterocycles. The van der Waals surface area contributed by atoms with E-state index in [9.17, 15) is 0 Å². The first-order valence-electron chi connectivity index (χ1n) is 8.72. The van der Waals surface area contributed by atoms with Crippen LogP contribution in [0, 0.1) is 0 Å². The van der Waals surface area contributed by atoms with Crippen molar-refractivity contribution in [2.45, 2.75) is 25.7 Å². The number of nitrogens with zero attached hydrogens (tertiary/aromatic N) is 3. The van der Waals surface area contributed by atoms with Gasteiger partial charge in [-0.15, -0.1) is 0 Å². The monoisotopic (exact) mass is 337 g/mol. The SMILES string of the molecule is CN1CCN(CCCN(C)CC(C)(C)c2ccc(Cl)cc2)CC1. The molecule has 0 radical (unpaired) electrons. The highest BCUT2D eigenvalue weighted by molar-refractivity contribution is 6.30. The number of benzene rings is 1. The van der Waals surface area contributed by atoms with E-state index in [0.717, 1.165) is 18.1 Å². The summed E-state index contributed by atoms with van der Waals surface area (Å²) in [5.74, 6) is 0. The summed E-state index contributed by atoms with van der Waals surface area (Å²) in [5, 5.41) is 0.810. The lowest BCUT2D eigenvalue weighted by Crippen LogP contribution is -2.45. The van der Waals surface area contributed by atoms with Gasteiger partial charge in [-0.3, -0.25) is 0 Å². The first-order valence-corrected chi connectivity index (χ1v) is 9.10. The molecule has 1 aliphatic rings. The molecule has 0 amide bonds. The number of rotatable bonds is 7. The van der Waals surface area contributed by atoms with Gasteiger partial charge in [-0.1, -0.05) is 37.6 Å². The Morgan fingerprint density at radius 2 is 1.70 bits per heavy atom. The molecule has 0 bridgehead atoms. The molecular formula is C19H32ClN3. The van der Waals surface area contributed by atoms with Gasteiger partial charge in [0.2, 0.25) is 0 Å². The Kier molecular flexibility index (Phi) is 6.90. The molecule has 0 atom stereocenters. The molecule has 23 heavy (non-hydrogen) atoms. The molecule has 0 saturated carbocycles. The molecule has 4 heteroatoms. The average Bonchev–Trinajstić information content (AvgIpc) is 2.49. The lowest BCUT2D eigenvalue weighted by molar-refractivity contribution is 0.146. The summed E-state index contributed by atoms with van der Waals surface area (Å²) in [7, 11) is 4.45. The molecule has 1 aromatic rings. The van der Waals surface area contributed by atoms with E-state index in [-0.39, 0.29) is 5.41 Å². The largest absolute Gasteiger partial charge is 0.305 e. The summed E-state index contributed by atoms with van der Waals surface area (Å²) in [6.07, 6.45) is 1.25. The normalized spacial score (nSPS) is 17.8. The van der Waals surface area contributed by atoms with Crippen molar-refractivity contribution >= 4 is 11.6 Å². The maximum atomic E-state index is 6.00. The van der Waals surface area contributed by atoms with Gasteiger partial charge < -0.3 is 14.7 Å². The second kappa shape index (κ2) is 8.48. The highest BCUT2D eigenvalue weighted by Crippen LogP contribution is 2.25. The third kappa shape index (κ3) is 6.07. The fourth-order valence-corrected chi connectivity index (χ4v) is 3.51. The van der Waals surface area contributed by atoms with E-state index in [1.165, 1.54) is 44.7 Å². The fraction of sp³-hybridized carbons (Fsp3) is 0.684. The van der Waals surface area contributed by atoms with Crippen molar-refractivity contribution in [1.82, 2.24) is 14.7 Å². The summed E-state index contributed by atoms with van der Waals surface area (Å²) in [6, 6.07) is 8.29. The van der Waals surface area contributed by atoms with Crippen LogP contribution in [0.15, 0.2) is 24.3 Å². The van der Waals surface area contributed by atoms with Gasteiger partial charge in [0.15, 0.2) is 0 Å². The molecule has 2 rings (SSSR count). The van der Waals surface area contributed by atoms with Gasteiger partial charge in [0.1, 0.15) is 0 Å². The van der Waals surface area contributed by atoms with Crippen LogP contribution in [0.4, 0.5) is 0 Å². The molecule has 0 N–H and O–H groups in total. The average molecular weight is 338 g/mol. The van der Waals surface area contributed by atoms with Crippen LogP contribution in [0.5, 0.6) is 0 Å². The third-order valence-corrected chi connectivity index (χ3v) is 5.15. The number of hydrogen-bond acceptors (Lipinski definition) is 3. The predicted molar refractivity (Wildman–Crippen MR) is 101 cm³/mol. The summed E-state index contributed by atoms with van der Waals surface area (Å²) in [4.78, 5) is 7.47. The van der Waals surface area contributed by atoms with E-state index in [2.05, 4.69) is 54.8 Å². The maximum absolute atomic E-state index is 6.00. The third-order valence-electron chi connectivity index (χ3n) is 4.90. The van der Waals surface area contributed by atoms with Crippen LogP contribution >= 0.6 is 11.6 Å². The Hall–Kier alpha value is -0.610. The zero-order valence-corrected chi connectivity index (χ0v) is 15.9. The van der Waals surface area contributed by atoms with E-state index in [0.29, 0.717) is 0 Å². The molecule has 1 aromatic carbocycles. The van der Waals surface area contributed by atoms with Crippen molar-refractivity contribution in [3.63, 3.8) is 0 Å². The van der Waals surface area contributed by atoms with Crippen molar-refractivity contribution in [2.24, 2.45) is 0 Å². The van der Waals surface area contributed by atoms with Gasteiger partial charge >= 0.3 is 0 Å². The molecular weight excluding hydrogens is 306 g/mol. The maximum Gasteiger partial charge on any atom is 0.0406 e. The quantitative estimate of drug-likeness (QED) is 0.756. The Morgan fingerprint density at radius 1 is 1.09 bits per heavy atom. The first kappa shape index (κ1) is 18.7. The standard InChI is InChI=1S/C19H32ClN3/c1-19(2,17-6-8-18(20)9-7-17)16-22(4)10-5-11-23-14-12-21(3)13-15-23/h6-9H,5,10-16H2,1-4H3. The Labute approximate surface area is 147 Å². The number of hydrogen-bond donors (Lipinski definition) is 0. The molecule has 0 unspecified atom stereocenters. The Morgan fingerprint density at radius 3 is 2.30 bits per heavy atom. The predicted octanol–water partition coefficient (Wildman–Crippen LogP) is 3.19. The van der Waals surface area contributed by atoms with Gasteiger partial charge in [-0.2, -0.15) is 0 Å². The topological polar surface area (TPSA) is 9.72 Å². The number of halogens is 1. The lowest BCUT2D eigenvalue weighted by Gasteiger charge is -2.34. The number of likely N-dealkylation sites (N-methyl/N-ethyl adjacent to an activating group) is 2. The molecule has 1 aliphatic heterocycles. The summed E-state index contributed by atoms with van der Waals surface area (Å²) < 4.78 is 0. The molecule has 0 aliphatic carbocycles. The summed E-state index contributed by atoms with van der Waals surface area (Å²) >= 11 is 6.00. The van der Waals surface area contributed by atoms with Crippen LogP contribution in [0.3, 0.4) is 0 Å². The molecule has 0 aromatic heterocycles. The van der Waals surface area contributed by atoms with Gasteiger partial charge in [0, 0.05) is 43.2 Å². The van der Waals surface area contributed by atoms with E-state index in [1.807, 2.05) is 12.1 Å². The minimum Gasteiger partial charge on any atom is -0.305 e. The molecule has 3 nitrogen and oxygen atoms in total. The van der Waals surface area contributed by atoms with Gasteiger partial charge in [0.05, 0.1) is 0 Å². The minimum atomic E-state index is 0.146. The van der Waals surface area contributed by atoms with Crippen LogP contribution in [0.25, 0.3) is 0 Å². The van der Waals surface area contributed by atoms with E-state index in [1.54, 1.807) is 0 Å². The first-order chi connectivity index (χ1) is 10.9. The Balaban J connectivity index is 1.73. The Bertz CT molecular complexity index is 464. The fourth-order valence-electron chi connectivity index (χ4n) is 3.38. The minimum absolute atomic E-state index is 0.146. The van der Waals surface area contributed by atoms with Gasteiger partial charge in [-0.25, -0.2) is 0 Å². The molecule has 130 valence electrons. The van der Waals surface area contributed by atoms with Crippen LogP contribution in [0.1, 0.15) is 25.8 Å². The summed E-state index contributed by atoms with van der Waals surface area (Å²) in [6.45, 7) is 12.9. The van der Waals surface area contributed by atoms with Crippen molar-refractivity contribution in [1.29, 1.82) is 0 Å². The van der Waals surface area contributed by atoms with Crippen molar-refractivity contribution in [2.75, 3.05) is 59.9 Å². The second-order valence-electron chi connectivity index (χ2n) is 7.63. The zero-order chi connectivity index (χ0) is 16.9. The highest BCUT2D eigenvalue weighted by atomic mass is 35.5. The van der Waals surface area contributed by atoms with Crippen molar-refractivity contribution in [3.05, 3.63) is 34.9 Å². The van der Waals surface area contributed by atoms with E-state index >= 15 is 0 Å². The van der Waals surface area contributed by atoms with Crippen LogP contribution in [-0.2, 0) is 5.41 Å². The molecule has 1 fully saturated rings. The zero-order valence-electron chi connectivity index (χ0n) is 15.2. The van der Waals surface area contributed by atoms with E-state index in [4.69, 9.17) is 11.6 Å². The summed E-state index contributed by atoms with van der Waals surface area (Å²) in [5.41, 5.74) is 1.50. The smallest absolute Gasteiger partial charge is 0.0406 e. The molecule has 1 heterocycles. The molecule has 0 spiro atoms. The van der Waals surface area contributed by atoms with Crippen LogP contribution < -0.4 is 0 Å². The van der Waals surface area contributed by atoms with Gasteiger partial charge in [0.25, 0.3) is 0 Å². The van der Waals surface area contributed by atoms with Crippen LogP contribution in [0.2, 0.25) is 5.02 Å². The van der Waals surface area contributed by atoms with E-state index < -0.39 is 0 Å². The second-order valence-corrected chi connectivity index (χ2v) is 8.06. The van der Waals surface area contributed by atoms with Crippen molar-refractivity contribution < 1.29 is 0 Å². The van der Waals surface area contributed by atoms with Crippen LogP contribution in [-0.4, -0.2) is 74.6 Å².